The molecule has 0 saturated carbocycles. The van der Waals surface area contributed by atoms with Crippen molar-refractivity contribution in [3.05, 3.63) is 59.2 Å². The number of halogens is 2. The Labute approximate surface area is 147 Å². The van der Waals surface area contributed by atoms with E-state index in [2.05, 4.69) is 41.8 Å². The number of hydrogen-bond donors (Lipinski definition) is 0. The lowest BCUT2D eigenvalue weighted by Gasteiger charge is -2.22. The molecule has 0 fully saturated rings. The highest BCUT2D eigenvalue weighted by atomic mass is 79.9. The third-order valence-electron chi connectivity index (χ3n) is 3.91. The third-order valence-corrected chi connectivity index (χ3v) is 5.20. The van der Waals surface area contributed by atoms with Gasteiger partial charge >= 0.3 is 0 Å². The van der Waals surface area contributed by atoms with Gasteiger partial charge in [0.05, 0.1) is 11.8 Å². The van der Waals surface area contributed by atoms with Crippen LogP contribution in [0.3, 0.4) is 0 Å². The van der Waals surface area contributed by atoms with E-state index in [4.69, 9.17) is 0 Å². The Hall–Kier alpha value is -1.07. The molecule has 2 unspecified atom stereocenters. The summed E-state index contributed by atoms with van der Waals surface area (Å²) in [5, 5.41) is 1.17. The van der Waals surface area contributed by atoms with Crippen molar-refractivity contribution in [3.8, 4) is 0 Å². The minimum Gasteiger partial charge on any atom is -0.298 e. The first-order chi connectivity index (χ1) is 10.6. The molecule has 2 heterocycles. The molecule has 0 bridgehead atoms. The number of alkyl halides is 2. The largest absolute Gasteiger partial charge is 0.298 e. The van der Waals surface area contributed by atoms with Crippen molar-refractivity contribution in [1.29, 1.82) is 0 Å². The van der Waals surface area contributed by atoms with Gasteiger partial charge in [0.1, 0.15) is 5.78 Å². The number of rotatable bonds is 6. The Bertz CT molecular complexity index is 605. The smallest absolute Gasteiger partial charge is 0.149 e. The molecule has 0 aliphatic carbocycles. The first-order valence-electron chi connectivity index (χ1n) is 7.06. The lowest BCUT2D eigenvalue weighted by atomic mass is 9.84. The van der Waals surface area contributed by atoms with Crippen molar-refractivity contribution < 1.29 is 4.79 Å². The Kier molecular flexibility index (Phi) is 6.26. The van der Waals surface area contributed by atoms with Crippen LogP contribution < -0.4 is 0 Å². The van der Waals surface area contributed by atoms with Gasteiger partial charge in [-0.1, -0.05) is 31.9 Å². The Morgan fingerprint density at radius 1 is 0.955 bits per heavy atom. The van der Waals surface area contributed by atoms with E-state index in [1.54, 1.807) is 24.8 Å². The minimum absolute atomic E-state index is 0.181. The number of nitrogens with zero attached hydrogens (tertiary/aromatic N) is 2. The number of ketones is 1. The number of carbonyl (C=O) groups is 1. The van der Waals surface area contributed by atoms with E-state index in [1.807, 2.05) is 26.0 Å². The molecular formula is C17H18Br2N2O. The van der Waals surface area contributed by atoms with Crippen molar-refractivity contribution >= 4 is 37.6 Å². The molecule has 116 valence electrons. The van der Waals surface area contributed by atoms with Gasteiger partial charge in [-0.3, -0.25) is 14.8 Å². The third kappa shape index (κ3) is 3.63. The molecule has 0 aliphatic heterocycles. The highest BCUT2D eigenvalue weighted by Gasteiger charge is 2.30. The predicted octanol–water partition coefficient (Wildman–Crippen LogP) is 4.32. The van der Waals surface area contributed by atoms with E-state index in [9.17, 15) is 4.79 Å². The van der Waals surface area contributed by atoms with Crippen LogP contribution in [0.25, 0.3) is 0 Å². The quantitative estimate of drug-likeness (QED) is 0.647. The standard InChI is InChI=1S/C17H18Br2N2O/c1-11-3-5-20-9-15(11)13(7-18)17(22)14(8-19)16-10-21-6-4-12(16)2/h3-6,9-10,13-14H,7-8H2,1-2H3. The molecule has 0 saturated heterocycles. The van der Waals surface area contributed by atoms with Crippen LogP contribution in [-0.2, 0) is 4.79 Å². The summed E-state index contributed by atoms with van der Waals surface area (Å²) in [6.07, 6.45) is 7.09. The summed E-state index contributed by atoms with van der Waals surface area (Å²) in [5.41, 5.74) is 4.14. The number of Topliss-reactive ketones (excluding diaryl/α,β-unsaturated/α-hetero) is 1. The predicted molar refractivity (Wildman–Crippen MR) is 96.0 cm³/mol. The highest BCUT2D eigenvalue weighted by molar-refractivity contribution is 9.09. The maximum Gasteiger partial charge on any atom is 0.149 e. The van der Waals surface area contributed by atoms with Crippen LogP contribution >= 0.6 is 31.9 Å². The molecule has 0 spiro atoms. The van der Waals surface area contributed by atoms with Crippen LogP contribution in [-0.4, -0.2) is 26.4 Å². The van der Waals surface area contributed by atoms with E-state index in [-0.39, 0.29) is 17.6 Å². The van der Waals surface area contributed by atoms with Gasteiger partial charge in [0.15, 0.2) is 0 Å². The number of pyridine rings is 2. The second-order valence-electron chi connectivity index (χ2n) is 5.28. The van der Waals surface area contributed by atoms with E-state index in [0.29, 0.717) is 10.7 Å². The fraction of sp³-hybridized carbons (Fsp3) is 0.353. The van der Waals surface area contributed by atoms with Gasteiger partial charge in [0.2, 0.25) is 0 Å². The topological polar surface area (TPSA) is 42.9 Å². The SMILES string of the molecule is Cc1ccncc1C(CBr)C(=O)C(CBr)c1cnccc1C. The molecule has 2 aromatic heterocycles. The number of aryl methyl sites for hydroxylation is 2. The van der Waals surface area contributed by atoms with Gasteiger partial charge in [-0.25, -0.2) is 0 Å². The second kappa shape index (κ2) is 7.97. The lowest BCUT2D eigenvalue weighted by molar-refractivity contribution is -0.121. The summed E-state index contributed by atoms with van der Waals surface area (Å²) >= 11 is 6.99. The zero-order chi connectivity index (χ0) is 16.1. The summed E-state index contributed by atoms with van der Waals surface area (Å²) in [6.45, 7) is 4.02. The maximum absolute atomic E-state index is 13.1. The maximum atomic E-state index is 13.1. The number of hydrogen-bond acceptors (Lipinski definition) is 3. The average Bonchev–Trinajstić information content (AvgIpc) is 2.52. The monoisotopic (exact) mass is 424 g/mol. The van der Waals surface area contributed by atoms with E-state index < -0.39 is 0 Å². The van der Waals surface area contributed by atoms with Crippen molar-refractivity contribution in [2.45, 2.75) is 25.7 Å². The first kappa shape index (κ1) is 17.3. The molecule has 0 aromatic carbocycles. The zero-order valence-electron chi connectivity index (χ0n) is 12.6. The normalized spacial score (nSPS) is 13.6. The molecule has 3 nitrogen and oxygen atoms in total. The van der Waals surface area contributed by atoms with E-state index in [0.717, 1.165) is 22.3 Å². The van der Waals surface area contributed by atoms with Crippen LogP contribution in [0.5, 0.6) is 0 Å². The van der Waals surface area contributed by atoms with Crippen molar-refractivity contribution in [1.82, 2.24) is 9.97 Å². The molecule has 2 rings (SSSR count). The van der Waals surface area contributed by atoms with Crippen LogP contribution in [0.1, 0.15) is 34.1 Å². The molecule has 2 atom stereocenters. The Morgan fingerprint density at radius 3 is 1.68 bits per heavy atom. The highest BCUT2D eigenvalue weighted by Crippen LogP contribution is 2.31. The van der Waals surface area contributed by atoms with E-state index in [1.165, 1.54) is 0 Å². The summed E-state index contributed by atoms with van der Waals surface area (Å²) < 4.78 is 0. The van der Waals surface area contributed by atoms with Gasteiger partial charge in [0.25, 0.3) is 0 Å². The fourth-order valence-electron chi connectivity index (χ4n) is 2.55. The number of carbonyl (C=O) groups excluding carboxylic acids is 1. The zero-order valence-corrected chi connectivity index (χ0v) is 15.8. The average molecular weight is 426 g/mol. The molecule has 0 aliphatic rings. The van der Waals surface area contributed by atoms with Crippen LogP contribution in [0, 0.1) is 13.8 Å². The Morgan fingerprint density at radius 2 is 1.36 bits per heavy atom. The van der Waals surface area contributed by atoms with Gasteiger partial charge < -0.3 is 0 Å². The molecule has 0 N–H and O–H groups in total. The number of aromatic nitrogens is 2. The van der Waals surface area contributed by atoms with Crippen molar-refractivity contribution in [3.63, 3.8) is 0 Å². The lowest BCUT2D eigenvalue weighted by Crippen LogP contribution is -2.24. The van der Waals surface area contributed by atoms with Gasteiger partial charge in [-0.2, -0.15) is 0 Å². The molecule has 22 heavy (non-hydrogen) atoms. The molecule has 0 amide bonds. The van der Waals surface area contributed by atoms with Gasteiger partial charge in [0, 0.05) is 35.4 Å². The van der Waals surface area contributed by atoms with Gasteiger partial charge in [-0.15, -0.1) is 0 Å². The summed E-state index contributed by atoms with van der Waals surface area (Å²) in [5.74, 6) is -0.243. The first-order valence-corrected chi connectivity index (χ1v) is 9.31. The fourth-order valence-corrected chi connectivity index (χ4v) is 3.89. The van der Waals surface area contributed by atoms with E-state index >= 15 is 0 Å². The summed E-state index contributed by atoms with van der Waals surface area (Å²) in [4.78, 5) is 21.4. The summed E-state index contributed by atoms with van der Waals surface area (Å²) in [6, 6.07) is 3.88. The van der Waals surface area contributed by atoms with Crippen LogP contribution in [0.15, 0.2) is 36.9 Å². The second-order valence-corrected chi connectivity index (χ2v) is 6.58. The van der Waals surface area contributed by atoms with Crippen molar-refractivity contribution in [2.75, 3.05) is 10.7 Å². The molecule has 5 heteroatoms. The molecular weight excluding hydrogens is 408 g/mol. The van der Waals surface area contributed by atoms with Crippen molar-refractivity contribution in [2.24, 2.45) is 0 Å². The molecule has 0 radical (unpaired) electrons. The van der Waals surface area contributed by atoms with Crippen LogP contribution in [0.4, 0.5) is 0 Å². The van der Waals surface area contributed by atoms with Crippen LogP contribution in [0.2, 0.25) is 0 Å². The Balaban J connectivity index is 2.39. The summed E-state index contributed by atoms with van der Waals surface area (Å²) in [7, 11) is 0. The molecule has 2 aromatic rings. The minimum atomic E-state index is -0.212. The van der Waals surface area contributed by atoms with Gasteiger partial charge in [-0.05, 0) is 48.2 Å².